The molecule has 4 nitrogen and oxygen atoms in total. The van der Waals surface area contributed by atoms with Crippen LogP contribution in [0.4, 0.5) is 0 Å². The number of carbonyl (C=O) groups excluding carboxylic acids is 1. The molecule has 1 rings (SSSR count). The first-order valence-electron chi connectivity index (χ1n) is 3.81. The molecule has 0 saturated carbocycles. The molecule has 0 aliphatic rings. The van der Waals surface area contributed by atoms with Gasteiger partial charge in [-0.3, -0.25) is 0 Å². The lowest BCUT2D eigenvalue weighted by atomic mass is 10.2. The molecule has 0 unspecified atom stereocenters. The maximum Gasteiger partial charge on any atom is 0.707 e. The van der Waals surface area contributed by atoms with E-state index < -0.39 is 7.32 Å². The fraction of sp³-hybridized carbons (Fsp3) is 0. The summed E-state index contributed by atoms with van der Waals surface area (Å²) in [6.07, 6.45) is 1.41. The summed E-state index contributed by atoms with van der Waals surface area (Å²) in [4.78, 5) is 9.86. The monoisotopic (exact) mass is 190 g/mol. The van der Waals surface area contributed by atoms with Crippen LogP contribution in [0.3, 0.4) is 0 Å². The molecule has 2 N–H and O–H groups in total. The highest BCUT2D eigenvalue weighted by Gasteiger charge is 2.10. The van der Waals surface area contributed by atoms with Crippen LogP contribution >= 0.6 is 0 Å². The Kier molecular flexibility index (Phi) is 3.74. The summed E-state index contributed by atoms with van der Waals surface area (Å²) < 4.78 is 4.60. The minimum Gasteiger partial charge on any atom is -0.512 e. The van der Waals surface area contributed by atoms with Crippen LogP contribution in [-0.2, 0) is 4.79 Å². The Morgan fingerprint density at radius 3 is 2.86 bits per heavy atom. The van der Waals surface area contributed by atoms with E-state index in [-0.39, 0.29) is 0 Å². The predicted molar refractivity (Wildman–Crippen MR) is 50.9 cm³/mol. The molecule has 0 bridgehead atoms. The SMILES string of the molecule is O=C=C=Cc1cccc(OB(O)O)c1. The van der Waals surface area contributed by atoms with Crippen molar-refractivity contribution < 1.29 is 19.5 Å². The van der Waals surface area contributed by atoms with Crippen molar-refractivity contribution >= 4 is 19.3 Å². The molecule has 0 spiro atoms. The van der Waals surface area contributed by atoms with Gasteiger partial charge in [0, 0.05) is 0 Å². The maximum atomic E-state index is 9.86. The van der Waals surface area contributed by atoms with Crippen LogP contribution in [0.25, 0.3) is 6.08 Å². The van der Waals surface area contributed by atoms with Crippen LogP contribution in [-0.4, -0.2) is 23.3 Å². The Labute approximate surface area is 80.9 Å². The lowest BCUT2D eigenvalue weighted by Gasteiger charge is -2.03. The van der Waals surface area contributed by atoms with Gasteiger partial charge in [-0.1, -0.05) is 12.1 Å². The standard InChI is InChI=1S/C9H7BO4/c11-6-2-4-8-3-1-5-9(7-8)14-10(12)13/h1,3-5,7,12-13H. The second kappa shape index (κ2) is 5.07. The summed E-state index contributed by atoms with van der Waals surface area (Å²) in [7, 11) is -1.85. The van der Waals surface area contributed by atoms with Crippen molar-refractivity contribution in [1.82, 2.24) is 0 Å². The summed E-state index contributed by atoms with van der Waals surface area (Å²) in [5.74, 6) is 1.77. The van der Waals surface area contributed by atoms with Crippen LogP contribution in [0.2, 0.25) is 0 Å². The molecule has 0 saturated heterocycles. The molecule has 0 atom stereocenters. The van der Waals surface area contributed by atoms with E-state index in [1.54, 1.807) is 18.2 Å². The van der Waals surface area contributed by atoms with Gasteiger partial charge in [0.05, 0.1) is 0 Å². The normalized spacial score (nSPS) is 8.43. The second-order valence-corrected chi connectivity index (χ2v) is 2.41. The van der Waals surface area contributed by atoms with Gasteiger partial charge in [0.25, 0.3) is 0 Å². The fourth-order valence-electron chi connectivity index (χ4n) is 0.912. The first-order chi connectivity index (χ1) is 6.72. The molecule has 70 valence electrons. The topological polar surface area (TPSA) is 66.8 Å². The quantitative estimate of drug-likeness (QED) is 0.401. The molecule has 5 heteroatoms. The molecule has 1 aromatic rings. The van der Waals surface area contributed by atoms with E-state index in [4.69, 9.17) is 10.0 Å². The molecule has 0 radical (unpaired) electrons. The van der Waals surface area contributed by atoms with E-state index >= 15 is 0 Å². The van der Waals surface area contributed by atoms with Gasteiger partial charge in [0.2, 0.25) is 0 Å². The lowest BCUT2D eigenvalue weighted by Crippen LogP contribution is -2.20. The molecular weight excluding hydrogens is 183 g/mol. The number of rotatable bonds is 3. The highest BCUT2D eigenvalue weighted by molar-refractivity contribution is 6.33. The predicted octanol–water partition coefficient (Wildman–Crippen LogP) is 0.0348. The van der Waals surface area contributed by atoms with Crippen LogP contribution in [0.5, 0.6) is 5.75 Å². The largest absolute Gasteiger partial charge is 0.707 e. The van der Waals surface area contributed by atoms with Crippen molar-refractivity contribution in [2.75, 3.05) is 0 Å². The van der Waals surface area contributed by atoms with Crippen molar-refractivity contribution in [1.29, 1.82) is 0 Å². The average Bonchev–Trinajstić information content (AvgIpc) is 2.14. The zero-order chi connectivity index (χ0) is 10.4. The van der Waals surface area contributed by atoms with Gasteiger partial charge in [0.15, 0.2) is 5.94 Å². The van der Waals surface area contributed by atoms with Gasteiger partial charge in [-0.2, -0.15) is 0 Å². The van der Waals surface area contributed by atoms with Crippen molar-refractivity contribution in [2.45, 2.75) is 0 Å². The Hall–Kier alpha value is -1.77. The molecule has 0 amide bonds. The van der Waals surface area contributed by atoms with Crippen LogP contribution in [0.1, 0.15) is 5.56 Å². The first-order valence-corrected chi connectivity index (χ1v) is 3.81. The second-order valence-electron chi connectivity index (χ2n) is 2.41. The minimum absolute atomic E-state index is 0.293. The van der Waals surface area contributed by atoms with Gasteiger partial charge in [-0.05, 0) is 29.5 Å². The molecule has 1 aromatic carbocycles. The Morgan fingerprint density at radius 2 is 2.21 bits per heavy atom. The molecule has 14 heavy (non-hydrogen) atoms. The Morgan fingerprint density at radius 1 is 1.43 bits per heavy atom. The first kappa shape index (κ1) is 10.3. The number of hydrogen-bond acceptors (Lipinski definition) is 4. The maximum absolute atomic E-state index is 9.86. The third kappa shape index (κ3) is 3.31. The lowest BCUT2D eigenvalue weighted by molar-refractivity contribution is 0.288. The van der Waals surface area contributed by atoms with E-state index in [2.05, 4.69) is 10.4 Å². The van der Waals surface area contributed by atoms with Gasteiger partial charge in [-0.25, -0.2) is 4.79 Å². The van der Waals surface area contributed by atoms with E-state index in [9.17, 15) is 4.79 Å². The Balaban J connectivity index is 2.89. The average molecular weight is 190 g/mol. The zero-order valence-electron chi connectivity index (χ0n) is 7.18. The highest BCUT2D eigenvalue weighted by atomic mass is 16.6. The van der Waals surface area contributed by atoms with Gasteiger partial charge in [-0.15, -0.1) is 0 Å². The fourth-order valence-corrected chi connectivity index (χ4v) is 0.912. The third-order valence-electron chi connectivity index (χ3n) is 1.40. The number of benzene rings is 1. The Bertz CT molecular complexity index is 390. The summed E-state index contributed by atoms with van der Waals surface area (Å²) in [5, 5.41) is 17.0. The molecule has 0 fully saturated rings. The van der Waals surface area contributed by atoms with E-state index in [0.29, 0.717) is 11.3 Å². The molecule has 0 aromatic heterocycles. The van der Waals surface area contributed by atoms with Crippen molar-refractivity contribution in [3.05, 3.63) is 35.6 Å². The molecule has 0 aliphatic carbocycles. The summed E-state index contributed by atoms with van der Waals surface area (Å²) in [5.41, 5.74) is 2.89. The third-order valence-corrected chi connectivity index (χ3v) is 1.40. The van der Waals surface area contributed by atoms with Crippen molar-refractivity contribution in [3.63, 3.8) is 0 Å². The van der Waals surface area contributed by atoms with Gasteiger partial charge < -0.3 is 14.7 Å². The van der Waals surface area contributed by atoms with Gasteiger partial charge >= 0.3 is 7.32 Å². The van der Waals surface area contributed by atoms with Crippen molar-refractivity contribution in [2.24, 2.45) is 0 Å². The number of hydrogen-bond donors (Lipinski definition) is 2. The van der Waals surface area contributed by atoms with E-state index in [0.717, 1.165) is 0 Å². The highest BCUT2D eigenvalue weighted by Crippen LogP contribution is 2.13. The molecule has 0 aliphatic heterocycles. The minimum atomic E-state index is -1.85. The smallest absolute Gasteiger partial charge is 0.512 e. The van der Waals surface area contributed by atoms with Crippen molar-refractivity contribution in [3.8, 4) is 5.75 Å². The molecular formula is C9H7BO4. The summed E-state index contributed by atoms with van der Waals surface area (Å²) in [6, 6.07) is 6.45. The van der Waals surface area contributed by atoms with Crippen LogP contribution in [0.15, 0.2) is 30.0 Å². The molecule has 0 heterocycles. The van der Waals surface area contributed by atoms with Crippen LogP contribution in [0, 0.1) is 0 Å². The van der Waals surface area contributed by atoms with Gasteiger partial charge in [0.1, 0.15) is 5.75 Å². The van der Waals surface area contributed by atoms with Crippen LogP contribution < -0.4 is 4.65 Å². The van der Waals surface area contributed by atoms with E-state index in [1.165, 1.54) is 18.1 Å². The zero-order valence-corrected chi connectivity index (χ0v) is 7.18. The summed E-state index contributed by atoms with van der Waals surface area (Å²) >= 11 is 0. The summed E-state index contributed by atoms with van der Waals surface area (Å²) in [6.45, 7) is 0. The van der Waals surface area contributed by atoms with E-state index in [1.807, 2.05) is 0 Å².